The Balaban J connectivity index is 1.57. The smallest absolute Gasteiger partial charge is 0.338 e. The van der Waals surface area contributed by atoms with Crippen LogP contribution in [0.25, 0.3) is 0 Å². The highest BCUT2D eigenvalue weighted by molar-refractivity contribution is 7.91. The maximum Gasteiger partial charge on any atom is 0.338 e. The SMILES string of the molecule is CCOc1ccc(C(=O)OCC(=O)N(C2CC2)[C@H]2CCS(=O)(=O)C2)cc1. The van der Waals surface area contributed by atoms with Gasteiger partial charge in [-0.25, -0.2) is 13.2 Å². The van der Waals surface area contributed by atoms with Gasteiger partial charge < -0.3 is 14.4 Å². The number of amides is 1. The van der Waals surface area contributed by atoms with E-state index in [2.05, 4.69) is 0 Å². The van der Waals surface area contributed by atoms with E-state index in [1.807, 2.05) is 6.92 Å². The van der Waals surface area contributed by atoms with Crippen LogP contribution in [0.5, 0.6) is 5.75 Å². The molecule has 2 aliphatic rings. The molecule has 0 aromatic heterocycles. The van der Waals surface area contributed by atoms with Crippen LogP contribution in [0.1, 0.15) is 36.5 Å². The van der Waals surface area contributed by atoms with Crippen LogP contribution in [0.4, 0.5) is 0 Å². The van der Waals surface area contributed by atoms with Crippen molar-refractivity contribution >= 4 is 21.7 Å². The van der Waals surface area contributed by atoms with Crippen LogP contribution in [0.3, 0.4) is 0 Å². The number of nitrogens with zero attached hydrogens (tertiary/aromatic N) is 1. The molecule has 26 heavy (non-hydrogen) atoms. The van der Waals surface area contributed by atoms with Crippen molar-refractivity contribution in [1.29, 1.82) is 0 Å². The number of rotatable bonds is 7. The Morgan fingerprint density at radius 2 is 1.81 bits per heavy atom. The summed E-state index contributed by atoms with van der Waals surface area (Å²) in [5, 5.41) is 0. The lowest BCUT2D eigenvalue weighted by atomic mass is 10.2. The van der Waals surface area contributed by atoms with Crippen LogP contribution in [0.15, 0.2) is 24.3 Å². The molecule has 1 saturated heterocycles. The molecule has 0 spiro atoms. The van der Waals surface area contributed by atoms with E-state index in [4.69, 9.17) is 9.47 Å². The maximum absolute atomic E-state index is 12.5. The first kappa shape index (κ1) is 18.7. The van der Waals surface area contributed by atoms with Crippen molar-refractivity contribution < 1.29 is 27.5 Å². The predicted octanol–water partition coefficient (Wildman–Crippen LogP) is 1.42. The minimum Gasteiger partial charge on any atom is -0.494 e. The van der Waals surface area contributed by atoms with E-state index in [9.17, 15) is 18.0 Å². The van der Waals surface area contributed by atoms with Gasteiger partial charge in [0.15, 0.2) is 16.4 Å². The Labute approximate surface area is 153 Å². The van der Waals surface area contributed by atoms with Gasteiger partial charge in [0, 0.05) is 12.1 Å². The highest BCUT2D eigenvalue weighted by Crippen LogP contribution is 2.32. The van der Waals surface area contributed by atoms with E-state index < -0.39 is 15.8 Å². The quantitative estimate of drug-likeness (QED) is 0.664. The second kappa shape index (κ2) is 7.65. The molecule has 7 nitrogen and oxygen atoms in total. The third-order valence-electron chi connectivity index (χ3n) is 4.56. The molecule has 1 aromatic rings. The van der Waals surface area contributed by atoms with E-state index in [1.54, 1.807) is 29.2 Å². The number of hydrogen-bond acceptors (Lipinski definition) is 6. The molecule has 8 heteroatoms. The average molecular weight is 381 g/mol. The summed E-state index contributed by atoms with van der Waals surface area (Å²) in [5.74, 6) is -0.144. The van der Waals surface area contributed by atoms with Crippen LogP contribution >= 0.6 is 0 Å². The van der Waals surface area contributed by atoms with Crippen molar-refractivity contribution in [2.75, 3.05) is 24.7 Å². The maximum atomic E-state index is 12.5. The highest BCUT2D eigenvalue weighted by atomic mass is 32.2. The van der Waals surface area contributed by atoms with Crippen LogP contribution < -0.4 is 4.74 Å². The molecule has 1 aliphatic carbocycles. The van der Waals surface area contributed by atoms with Gasteiger partial charge in [-0.1, -0.05) is 0 Å². The zero-order valence-corrected chi connectivity index (χ0v) is 15.5. The lowest BCUT2D eigenvalue weighted by Gasteiger charge is -2.28. The topological polar surface area (TPSA) is 90.0 Å². The first-order valence-electron chi connectivity index (χ1n) is 8.81. The molecule has 0 radical (unpaired) electrons. The molecule has 0 bridgehead atoms. The number of sulfone groups is 1. The molecule has 1 saturated carbocycles. The monoisotopic (exact) mass is 381 g/mol. The number of esters is 1. The normalized spacial score (nSPS) is 21.2. The molecule has 1 amide bonds. The molecule has 1 heterocycles. The molecule has 3 rings (SSSR count). The van der Waals surface area contributed by atoms with Gasteiger partial charge in [0.05, 0.1) is 23.7 Å². The molecule has 0 unspecified atom stereocenters. The van der Waals surface area contributed by atoms with Gasteiger partial charge >= 0.3 is 5.97 Å². The fourth-order valence-corrected chi connectivity index (χ4v) is 4.90. The summed E-state index contributed by atoms with van der Waals surface area (Å²) in [6, 6.07) is 6.28. The Hall–Kier alpha value is -2.09. The predicted molar refractivity (Wildman–Crippen MR) is 94.8 cm³/mol. The lowest BCUT2D eigenvalue weighted by Crippen LogP contribution is -2.44. The van der Waals surface area contributed by atoms with Gasteiger partial charge in [-0.15, -0.1) is 0 Å². The molecule has 0 N–H and O–H groups in total. The zero-order chi connectivity index (χ0) is 18.7. The fourth-order valence-electron chi connectivity index (χ4n) is 3.19. The van der Waals surface area contributed by atoms with Gasteiger partial charge in [0.1, 0.15) is 5.75 Å². The third-order valence-corrected chi connectivity index (χ3v) is 6.31. The van der Waals surface area contributed by atoms with Gasteiger partial charge in [-0.3, -0.25) is 4.79 Å². The van der Waals surface area contributed by atoms with Crippen LogP contribution in [-0.4, -0.2) is 62.0 Å². The van der Waals surface area contributed by atoms with Crippen LogP contribution in [-0.2, 0) is 19.4 Å². The van der Waals surface area contributed by atoms with Gasteiger partial charge in [0.25, 0.3) is 5.91 Å². The molecule has 1 aliphatic heterocycles. The van der Waals surface area contributed by atoms with Crippen molar-refractivity contribution in [2.45, 2.75) is 38.3 Å². The summed E-state index contributed by atoms with van der Waals surface area (Å²) in [6.07, 6.45) is 2.20. The molecular formula is C18H23NO6S. The Morgan fingerprint density at radius 3 is 2.35 bits per heavy atom. The third kappa shape index (κ3) is 4.55. The second-order valence-electron chi connectivity index (χ2n) is 6.62. The van der Waals surface area contributed by atoms with E-state index in [0.717, 1.165) is 12.8 Å². The molecule has 1 atom stereocenters. The number of hydrogen-bond donors (Lipinski definition) is 0. The van der Waals surface area contributed by atoms with Crippen molar-refractivity contribution in [1.82, 2.24) is 4.90 Å². The average Bonchev–Trinajstić information content (AvgIpc) is 3.37. The summed E-state index contributed by atoms with van der Waals surface area (Å²) < 4.78 is 33.9. The first-order chi connectivity index (χ1) is 12.4. The van der Waals surface area contributed by atoms with Crippen molar-refractivity contribution in [3.63, 3.8) is 0 Å². The molecule has 142 valence electrons. The van der Waals surface area contributed by atoms with E-state index in [1.165, 1.54) is 0 Å². The summed E-state index contributed by atoms with van der Waals surface area (Å²) in [6.45, 7) is 2.03. The molecule has 1 aromatic carbocycles. The van der Waals surface area contributed by atoms with Gasteiger partial charge in [0.2, 0.25) is 0 Å². The van der Waals surface area contributed by atoms with E-state index in [-0.39, 0.29) is 36.1 Å². The Bertz CT molecular complexity index is 769. The fraction of sp³-hybridized carbons (Fsp3) is 0.556. The highest BCUT2D eigenvalue weighted by Gasteiger charge is 2.42. The number of ether oxygens (including phenoxy) is 2. The minimum atomic E-state index is -3.08. The van der Waals surface area contributed by atoms with Gasteiger partial charge in [-0.2, -0.15) is 0 Å². The zero-order valence-electron chi connectivity index (χ0n) is 14.7. The van der Waals surface area contributed by atoms with Crippen molar-refractivity contribution in [3.8, 4) is 5.75 Å². The summed E-state index contributed by atoms with van der Waals surface area (Å²) in [7, 11) is -3.08. The lowest BCUT2D eigenvalue weighted by molar-refractivity contribution is -0.137. The van der Waals surface area contributed by atoms with Gasteiger partial charge in [-0.05, 0) is 50.5 Å². The first-order valence-corrected chi connectivity index (χ1v) is 10.6. The number of carbonyl (C=O) groups is 2. The van der Waals surface area contributed by atoms with Crippen LogP contribution in [0.2, 0.25) is 0 Å². The molecular weight excluding hydrogens is 358 g/mol. The van der Waals surface area contributed by atoms with Crippen molar-refractivity contribution in [2.24, 2.45) is 0 Å². The van der Waals surface area contributed by atoms with E-state index >= 15 is 0 Å². The minimum absolute atomic E-state index is 0.00206. The van der Waals surface area contributed by atoms with E-state index in [0.29, 0.717) is 24.3 Å². The number of carbonyl (C=O) groups excluding carboxylic acids is 2. The summed E-state index contributed by atoms with van der Waals surface area (Å²) in [5.41, 5.74) is 0.336. The Kier molecular flexibility index (Phi) is 5.50. The Morgan fingerprint density at radius 1 is 1.12 bits per heavy atom. The second-order valence-corrected chi connectivity index (χ2v) is 8.85. The summed E-state index contributed by atoms with van der Waals surface area (Å²) in [4.78, 5) is 26.3. The number of benzene rings is 1. The standard InChI is InChI=1S/C18H23NO6S/c1-2-24-16-7-3-13(4-8-16)18(21)25-11-17(20)19(14-5-6-14)15-9-10-26(22,23)12-15/h3-4,7-8,14-15H,2,5-6,9-12H2,1H3/t15-/m0/s1. The largest absolute Gasteiger partial charge is 0.494 e. The molecule has 2 fully saturated rings. The summed E-state index contributed by atoms with van der Waals surface area (Å²) >= 11 is 0. The van der Waals surface area contributed by atoms with Crippen LogP contribution in [0, 0.1) is 0 Å². The van der Waals surface area contributed by atoms with Crippen molar-refractivity contribution in [3.05, 3.63) is 29.8 Å².